The maximum atomic E-state index is 9.28. The number of aliphatic hydroxyl groups is 1. The number of hydrogen-bond acceptors (Lipinski definition) is 2. The van der Waals surface area contributed by atoms with Gasteiger partial charge in [0.1, 0.15) is 0 Å². The van der Waals surface area contributed by atoms with Crippen LogP contribution < -0.4 is 5.32 Å². The van der Waals surface area contributed by atoms with Crippen molar-refractivity contribution in [2.75, 3.05) is 5.32 Å². The Bertz CT molecular complexity index is 307. The van der Waals surface area contributed by atoms with E-state index in [1.165, 1.54) is 0 Å². The third kappa shape index (κ3) is 2.36. The van der Waals surface area contributed by atoms with E-state index in [2.05, 4.69) is 17.4 Å². The van der Waals surface area contributed by atoms with Crippen molar-refractivity contribution in [3.05, 3.63) is 42.5 Å². The number of aliphatic hydroxyl groups excluding tert-OH is 1. The molecule has 2 unspecified atom stereocenters. The van der Waals surface area contributed by atoms with E-state index in [1.807, 2.05) is 30.4 Å². The first-order valence-corrected chi connectivity index (χ1v) is 5.02. The van der Waals surface area contributed by atoms with E-state index in [0.717, 1.165) is 18.5 Å². The lowest BCUT2D eigenvalue weighted by Gasteiger charge is -2.21. The van der Waals surface area contributed by atoms with Crippen molar-refractivity contribution in [1.29, 1.82) is 0 Å². The summed E-state index contributed by atoms with van der Waals surface area (Å²) in [5.74, 6) is 0. The van der Waals surface area contributed by atoms with Crippen LogP contribution in [0.15, 0.2) is 42.5 Å². The van der Waals surface area contributed by atoms with Gasteiger partial charge in [0.2, 0.25) is 0 Å². The summed E-state index contributed by atoms with van der Waals surface area (Å²) in [6.45, 7) is 0. The zero-order valence-electron chi connectivity index (χ0n) is 8.06. The van der Waals surface area contributed by atoms with Crippen LogP contribution >= 0.6 is 0 Å². The topological polar surface area (TPSA) is 32.3 Å². The minimum atomic E-state index is -0.246. The molecule has 1 aromatic rings. The molecule has 0 saturated heterocycles. The maximum absolute atomic E-state index is 9.28. The first kappa shape index (κ1) is 9.28. The maximum Gasteiger partial charge on any atom is 0.0722 e. The lowest BCUT2D eigenvalue weighted by atomic mass is 10.0. The van der Waals surface area contributed by atoms with E-state index in [4.69, 9.17) is 0 Å². The van der Waals surface area contributed by atoms with E-state index < -0.39 is 0 Å². The predicted octanol–water partition coefficient (Wildman–Crippen LogP) is 2.18. The lowest BCUT2D eigenvalue weighted by Crippen LogP contribution is -2.23. The van der Waals surface area contributed by atoms with Crippen LogP contribution in [0.2, 0.25) is 0 Å². The van der Waals surface area contributed by atoms with Crippen molar-refractivity contribution in [2.45, 2.75) is 25.0 Å². The molecular weight excluding hydrogens is 174 g/mol. The van der Waals surface area contributed by atoms with Crippen molar-refractivity contribution in [3.8, 4) is 0 Å². The third-order valence-corrected chi connectivity index (χ3v) is 2.46. The van der Waals surface area contributed by atoms with Crippen molar-refractivity contribution < 1.29 is 5.11 Å². The second kappa shape index (κ2) is 4.29. The van der Waals surface area contributed by atoms with Crippen LogP contribution in [0.4, 0.5) is 5.69 Å². The molecular formula is C12H15NO. The summed E-state index contributed by atoms with van der Waals surface area (Å²) in [7, 11) is 0. The summed E-state index contributed by atoms with van der Waals surface area (Å²) in [5.41, 5.74) is 1.14. The molecule has 74 valence electrons. The minimum Gasteiger partial charge on any atom is -0.389 e. The smallest absolute Gasteiger partial charge is 0.0722 e. The van der Waals surface area contributed by atoms with Gasteiger partial charge in [-0.25, -0.2) is 0 Å². The second-order valence-corrected chi connectivity index (χ2v) is 3.65. The second-order valence-electron chi connectivity index (χ2n) is 3.65. The van der Waals surface area contributed by atoms with Gasteiger partial charge in [-0.3, -0.25) is 0 Å². The van der Waals surface area contributed by atoms with Gasteiger partial charge in [-0.2, -0.15) is 0 Å². The number of rotatable bonds is 2. The fourth-order valence-electron chi connectivity index (χ4n) is 1.67. The van der Waals surface area contributed by atoms with Crippen LogP contribution in [0.1, 0.15) is 12.8 Å². The van der Waals surface area contributed by atoms with Crippen LogP contribution in [0.25, 0.3) is 0 Å². The number of benzene rings is 1. The summed E-state index contributed by atoms with van der Waals surface area (Å²) >= 11 is 0. The van der Waals surface area contributed by atoms with Gasteiger partial charge >= 0.3 is 0 Å². The molecule has 2 atom stereocenters. The number of nitrogens with one attached hydrogen (secondary N) is 1. The van der Waals surface area contributed by atoms with E-state index in [-0.39, 0.29) is 6.10 Å². The molecule has 0 amide bonds. The molecule has 0 saturated carbocycles. The Hall–Kier alpha value is -1.28. The number of anilines is 1. The molecule has 0 spiro atoms. The molecule has 1 aliphatic rings. The highest BCUT2D eigenvalue weighted by molar-refractivity contribution is 5.44. The largest absolute Gasteiger partial charge is 0.389 e. The Morgan fingerprint density at radius 3 is 2.50 bits per heavy atom. The van der Waals surface area contributed by atoms with Gasteiger partial charge < -0.3 is 10.4 Å². The standard InChI is InChI=1S/C12H15NO/c14-12-8-6-11(7-9-12)13-10-4-2-1-3-5-10/h1-6,8,11-14H,7,9H2. The van der Waals surface area contributed by atoms with Gasteiger partial charge in [0.15, 0.2) is 0 Å². The molecule has 14 heavy (non-hydrogen) atoms. The Kier molecular flexibility index (Phi) is 2.84. The quantitative estimate of drug-likeness (QED) is 0.699. The summed E-state index contributed by atoms with van der Waals surface area (Å²) in [5, 5.41) is 12.7. The fourth-order valence-corrected chi connectivity index (χ4v) is 1.67. The summed E-state index contributed by atoms with van der Waals surface area (Å²) in [6, 6.07) is 10.5. The van der Waals surface area contributed by atoms with Crippen LogP contribution in [0.3, 0.4) is 0 Å². The van der Waals surface area contributed by atoms with Crippen molar-refractivity contribution >= 4 is 5.69 Å². The Labute approximate surface area is 84.3 Å². The van der Waals surface area contributed by atoms with Crippen molar-refractivity contribution in [2.24, 2.45) is 0 Å². The van der Waals surface area contributed by atoms with Crippen molar-refractivity contribution in [3.63, 3.8) is 0 Å². The zero-order chi connectivity index (χ0) is 9.80. The van der Waals surface area contributed by atoms with Crippen LogP contribution in [-0.4, -0.2) is 17.3 Å². The van der Waals surface area contributed by atoms with E-state index in [9.17, 15) is 5.11 Å². The fraction of sp³-hybridized carbons (Fsp3) is 0.333. The average molecular weight is 189 g/mol. The number of para-hydroxylation sites is 1. The predicted molar refractivity (Wildman–Crippen MR) is 58.2 cm³/mol. The molecule has 0 aliphatic heterocycles. The van der Waals surface area contributed by atoms with E-state index in [1.54, 1.807) is 0 Å². The molecule has 0 aromatic heterocycles. The third-order valence-electron chi connectivity index (χ3n) is 2.46. The molecule has 2 rings (SSSR count). The summed E-state index contributed by atoms with van der Waals surface area (Å²) in [4.78, 5) is 0. The minimum absolute atomic E-state index is 0.246. The van der Waals surface area contributed by atoms with Crippen LogP contribution in [0.5, 0.6) is 0 Å². The Morgan fingerprint density at radius 2 is 1.86 bits per heavy atom. The van der Waals surface area contributed by atoms with Crippen molar-refractivity contribution in [1.82, 2.24) is 0 Å². The van der Waals surface area contributed by atoms with Gasteiger partial charge in [0.25, 0.3) is 0 Å². The van der Waals surface area contributed by atoms with E-state index >= 15 is 0 Å². The zero-order valence-corrected chi connectivity index (χ0v) is 8.06. The molecule has 0 radical (unpaired) electrons. The van der Waals surface area contributed by atoms with Crippen LogP contribution in [-0.2, 0) is 0 Å². The Balaban J connectivity index is 1.96. The highest BCUT2D eigenvalue weighted by Gasteiger charge is 2.12. The normalized spacial score (nSPS) is 26.1. The Morgan fingerprint density at radius 1 is 1.07 bits per heavy atom. The van der Waals surface area contributed by atoms with Gasteiger partial charge in [-0.1, -0.05) is 30.4 Å². The number of hydrogen-bond donors (Lipinski definition) is 2. The summed E-state index contributed by atoms with van der Waals surface area (Å²) < 4.78 is 0. The lowest BCUT2D eigenvalue weighted by molar-refractivity contribution is 0.202. The average Bonchev–Trinajstić information content (AvgIpc) is 2.23. The monoisotopic (exact) mass is 189 g/mol. The van der Waals surface area contributed by atoms with Gasteiger partial charge in [0, 0.05) is 11.7 Å². The summed E-state index contributed by atoms with van der Waals surface area (Å²) in [6.07, 6.45) is 5.50. The van der Waals surface area contributed by atoms with Crippen LogP contribution in [0, 0.1) is 0 Å². The first-order valence-electron chi connectivity index (χ1n) is 5.02. The first-order chi connectivity index (χ1) is 6.84. The molecule has 1 aliphatic carbocycles. The van der Waals surface area contributed by atoms with Gasteiger partial charge in [-0.05, 0) is 25.0 Å². The molecule has 0 fully saturated rings. The molecule has 1 aromatic carbocycles. The molecule has 2 heteroatoms. The molecule has 0 bridgehead atoms. The molecule has 0 heterocycles. The van der Waals surface area contributed by atoms with Gasteiger partial charge in [0.05, 0.1) is 6.10 Å². The molecule has 2 N–H and O–H groups in total. The van der Waals surface area contributed by atoms with Gasteiger partial charge in [-0.15, -0.1) is 0 Å². The SMILES string of the molecule is OC1C=CC(Nc2ccccc2)CC1. The highest BCUT2D eigenvalue weighted by Crippen LogP contribution is 2.16. The van der Waals surface area contributed by atoms with E-state index in [0.29, 0.717) is 6.04 Å². The highest BCUT2D eigenvalue weighted by atomic mass is 16.3. The molecule has 2 nitrogen and oxygen atoms in total.